The normalized spacial score (nSPS) is 17.7. The highest BCUT2D eigenvalue weighted by atomic mass is 32.1. The second kappa shape index (κ2) is 7.09. The number of carbonyl (C=O) groups excluding carboxylic acids is 1. The van der Waals surface area contributed by atoms with E-state index in [9.17, 15) is 4.79 Å². The van der Waals surface area contributed by atoms with Gasteiger partial charge in [-0.25, -0.2) is 4.98 Å². The Morgan fingerprint density at radius 2 is 2.17 bits per heavy atom. The Bertz CT molecular complexity index is 718. The fourth-order valence-corrected chi connectivity index (χ4v) is 3.65. The van der Waals surface area contributed by atoms with Gasteiger partial charge in [-0.05, 0) is 19.1 Å². The predicted octanol–water partition coefficient (Wildman–Crippen LogP) is 2.54. The number of piperazine rings is 1. The van der Waals surface area contributed by atoms with Crippen LogP contribution in [0.15, 0.2) is 29.6 Å². The van der Waals surface area contributed by atoms with Gasteiger partial charge in [-0.1, -0.05) is 12.1 Å². The highest BCUT2D eigenvalue weighted by Gasteiger charge is 2.30. The van der Waals surface area contributed by atoms with Crippen LogP contribution < -0.4 is 15.0 Å². The van der Waals surface area contributed by atoms with Crippen LogP contribution in [0.3, 0.4) is 0 Å². The molecule has 1 saturated heterocycles. The number of ether oxygens (including phenoxy) is 1. The summed E-state index contributed by atoms with van der Waals surface area (Å²) in [6, 6.07) is 8.10. The zero-order valence-electron chi connectivity index (χ0n) is 14.2. The quantitative estimate of drug-likeness (QED) is 0.922. The summed E-state index contributed by atoms with van der Waals surface area (Å²) in [6.45, 7) is 4.30. The Morgan fingerprint density at radius 1 is 1.38 bits per heavy atom. The number of nitrogens with one attached hydrogen (secondary N) is 1. The Kier molecular flexibility index (Phi) is 4.89. The van der Waals surface area contributed by atoms with E-state index in [0.717, 1.165) is 29.7 Å². The van der Waals surface area contributed by atoms with Crippen LogP contribution in [0.25, 0.3) is 0 Å². The van der Waals surface area contributed by atoms with E-state index in [-0.39, 0.29) is 11.9 Å². The topological polar surface area (TPSA) is 57.7 Å². The van der Waals surface area contributed by atoms with Gasteiger partial charge < -0.3 is 19.9 Å². The van der Waals surface area contributed by atoms with Crippen molar-refractivity contribution < 1.29 is 9.53 Å². The molecular formula is C17H22N4O2S. The number of para-hydroxylation sites is 2. The van der Waals surface area contributed by atoms with Crippen molar-refractivity contribution in [2.75, 3.05) is 44.0 Å². The van der Waals surface area contributed by atoms with Crippen LogP contribution in [0.2, 0.25) is 0 Å². The Morgan fingerprint density at radius 3 is 2.83 bits per heavy atom. The summed E-state index contributed by atoms with van der Waals surface area (Å²) in [6.07, 6.45) is 0. The molecule has 0 bridgehead atoms. The van der Waals surface area contributed by atoms with Crippen molar-refractivity contribution in [1.82, 2.24) is 9.88 Å². The molecule has 3 rings (SSSR count). The smallest absolute Gasteiger partial charge is 0.273 e. The van der Waals surface area contributed by atoms with Gasteiger partial charge in [0.15, 0.2) is 5.13 Å². The van der Waals surface area contributed by atoms with E-state index in [4.69, 9.17) is 4.74 Å². The molecule has 1 atom stereocenters. The second-order valence-corrected chi connectivity index (χ2v) is 6.61. The minimum atomic E-state index is -0.0000679. The fourth-order valence-electron chi connectivity index (χ4n) is 3.00. The maximum Gasteiger partial charge on any atom is 0.273 e. The number of hydrogen-bond donors (Lipinski definition) is 1. The van der Waals surface area contributed by atoms with Crippen LogP contribution in [0.5, 0.6) is 5.75 Å². The third kappa shape index (κ3) is 3.17. The molecule has 7 heteroatoms. The molecule has 0 radical (unpaired) electrons. The number of thiazole rings is 1. The number of anilines is 2. The minimum Gasteiger partial charge on any atom is -0.495 e. The van der Waals surface area contributed by atoms with Crippen molar-refractivity contribution in [3.05, 3.63) is 35.3 Å². The van der Waals surface area contributed by atoms with E-state index in [1.807, 2.05) is 35.5 Å². The summed E-state index contributed by atoms with van der Waals surface area (Å²) in [4.78, 5) is 21.2. The molecule has 1 N–H and O–H groups in total. The molecule has 1 fully saturated rings. The molecule has 1 aromatic heterocycles. The van der Waals surface area contributed by atoms with Gasteiger partial charge in [-0.2, -0.15) is 0 Å². The van der Waals surface area contributed by atoms with Crippen molar-refractivity contribution in [2.45, 2.75) is 13.0 Å². The van der Waals surface area contributed by atoms with Gasteiger partial charge >= 0.3 is 0 Å². The van der Waals surface area contributed by atoms with Crippen molar-refractivity contribution in [1.29, 1.82) is 0 Å². The molecule has 1 aliphatic rings. The van der Waals surface area contributed by atoms with Crippen molar-refractivity contribution in [3.8, 4) is 5.75 Å². The largest absolute Gasteiger partial charge is 0.495 e. The molecule has 1 aliphatic heterocycles. The number of carbonyl (C=O) groups is 1. The molecule has 2 heterocycles. The first-order chi connectivity index (χ1) is 11.6. The van der Waals surface area contributed by atoms with Gasteiger partial charge in [-0.3, -0.25) is 4.79 Å². The van der Waals surface area contributed by atoms with Gasteiger partial charge in [0.2, 0.25) is 0 Å². The fraction of sp³-hybridized carbons (Fsp3) is 0.412. The minimum absolute atomic E-state index is 0.0000679. The molecule has 0 aliphatic carbocycles. The van der Waals surface area contributed by atoms with Crippen LogP contribution in [-0.4, -0.2) is 55.6 Å². The number of nitrogens with zero attached hydrogens (tertiary/aromatic N) is 3. The molecule has 24 heavy (non-hydrogen) atoms. The molecular weight excluding hydrogens is 324 g/mol. The molecule has 0 unspecified atom stereocenters. The second-order valence-electron chi connectivity index (χ2n) is 5.75. The van der Waals surface area contributed by atoms with Crippen LogP contribution in [0.4, 0.5) is 10.8 Å². The summed E-state index contributed by atoms with van der Waals surface area (Å²) in [7, 11) is 3.49. The average molecular weight is 346 g/mol. The zero-order valence-corrected chi connectivity index (χ0v) is 15.0. The number of hydrogen-bond acceptors (Lipinski definition) is 6. The predicted molar refractivity (Wildman–Crippen MR) is 97.4 cm³/mol. The first-order valence-corrected chi connectivity index (χ1v) is 8.84. The van der Waals surface area contributed by atoms with E-state index in [2.05, 4.69) is 28.2 Å². The number of aromatic nitrogens is 1. The molecule has 2 aromatic rings. The Balaban J connectivity index is 1.72. The molecule has 0 spiro atoms. The summed E-state index contributed by atoms with van der Waals surface area (Å²) in [5, 5.41) is 5.55. The van der Waals surface area contributed by atoms with Crippen molar-refractivity contribution in [2.24, 2.45) is 0 Å². The monoisotopic (exact) mass is 346 g/mol. The lowest BCUT2D eigenvalue weighted by Crippen LogP contribution is -2.54. The maximum absolute atomic E-state index is 12.7. The lowest BCUT2D eigenvalue weighted by atomic mass is 10.1. The number of rotatable bonds is 4. The molecule has 128 valence electrons. The molecule has 1 aromatic carbocycles. The first kappa shape index (κ1) is 16.6. The van der Waals surface area contributed by atoms with Gasteiger partial charge in [0.1, 0.15) is 11.4 Å². The maximum atomic E-state index is 12.7. The van der Waals surface area contributed by atoms with Crippen LogP contribution in [0, 0.1) is 0 Å². The Labute approximate surface area is 146 Å². The molecule has 1 amide bonds. The van der Waals surface area contributed by atoms with Crippen LogP contribution in [0.1, 0.15) is 17.4 Å². The van der Waals surface area contributed by atoms with Gasteiger partial charge in [0.25, 0.3) is 5.91 Å². The van der Waals surface area contributed by atoms with Gasteiger partial charge in [0.05, 0.1) is 12.8 Å². The van der Waals surface area contributed by atoms with Gasteiger partial charge in [-0.15, -0.1) is 11.3 Å². The van der Waals surface area contributed by atoms with E-state index in [1.54, 1.807) is 7.11 Å². The standard InChI is InChI=1S/C17H22N4O2S/c1-12-10-20(14-6-4-5-7-15(14)23-3)8-9-21(12)16(22)13-11-24-17(18-2)19-13/h4-7,11-12H,8-10H2,1-3H3,(H,18,19)/t12-/m1/s1. The van der Waals surface area contributed by atoms with E-state index >= 15 is 0 Å². The summed E-state index contributed by atoms with van der Waals surface area (Å²) < 4.78 is 5.45. The highest BCUT2D eigenvalue weighted by molar-refractivity contribution is 7.13. The van der Waals surface area contributed by atoms with E-state index in [0.29, 0.717) is 12.2 Å². The summed E-state index contributed by atoms with van der Waals surface area (Å²) >= 11 is 1.45. The SMILES string of the molecule is CNc1nc(C(=O)N2CCN(c3ccccc3OC)C[C@H]2C)cs1. The van der Waals surface area contributed by atoms with Crippen molar-refractivity contribution >= 4 is 28.1 Å². The number of amides is 1. The van der Waals surface area contributed by atoms with Crippen molar-refractivity contribution in [3.63, 3.8) is 0 Å². The van der Waals surface area contributed by atoms with E-state index < -0.39 is 0 Å². The summed E-state index contributed by atoms with van der Waals surface area (Å²) in [5.74, 6) is 0.863. The lowest BCUT2D eigenvalue weighted by Gasteiger charge is -2.41. The van der Waals surface area contributed by atoms with Gasteiger partial charge in [0, 0.05) is 38.1 Å². The number of benzene rings is 1. The molecule has 6 nitrogen and oxygen atoms in total. The highest BCUT2D eigenvalue weighted by Crippen LogP contribution is 2.30. The summed E-state index contributed by atoms with van der Waals surface area (Å²) in [5.41, 5.74) is 1.59. The lowest BCUT2D eigenvalue weighted by molar-refractivity contribution is 0.0669. The third-order valence-corrected chi connectivity index (χ3v) is 5.11. The van der Waals surface area contributed by atoms with E-state index in [1.165, 1.54) is 11.3 Å². The third-order valence-electron chi connectivity index (χ3n) is 4.25. The average Bonchev–Trinajstić information content (AvgIpc) is 3.10. The zero-order chi connectivity index (χ0) is 17.1. The Hall–Kier alpha value is -2.28. The number of methoxy groups -OCH3 is 1. The van der Waals surface area contributed by atoms with Crippen LogP contribution in [-0.2, 0) is 0 Å². The van der Waals surface area contributed by atoms with Crippen LogP contribution >= 0.6 is 11.3 Å². The molecule has 0 saturated carbocycles. The first-order valence-electron chi connectivity index (χ1n) is 7.96.